The average Bonchev–Trinajstić information content (AvgIpc) is 2.54. The van der Waals surface area contributed by atoms with Gasteiger partial charge in [0.05, 0.1) is 16.8 Å². The summed E-state index contributed by atoms with van der Waals surface area (Å²) < 4.78 is 0.951. The Hall–Kier alpha value is -2.33. The van der Waals surface area contributed by atoms with E-state index in [2.05, 4.69) is 5.32 Å². The van der Waals surface area contributed by atoms with Gasteiger partial charge in [0, 0.05) is 5.02 Å². The van der Waals surface area contributed by atoms with Crippen molar-refractivity contribution < 1.29 is 14.7 Å². The first-order valence-electron chi connectivity index (χ1n) is 6.14. The number of amides is 1. The molecule has 0 unspecified atom stereocenters. The monoisotopic (exact) mass is 287 g/mol. The zero-order valence-electron chi connectivity index (χ0n) is 10.5. The third-order valence-electron chi connectivity index (χ3n) is 3.11. The Morgan fingerprint density at radius 2 is 1.90 bits per heavy atom. The second-order valence-electron chi connectivity index (χ2n) is 4.51. The second-order valence-corrected chi connectivity index (χ2v) is 4.95. The van der Waals surface area contributed by atoms with Crippen LogP contribution in [0.2, 0.25) is 5.02 Å². The number of halogens is 1. The van der Waals surface area contributed by atoms with E-state index in [1.807, 2.05) is 30.3 Å². The number of carbonyl (C=O) groups is 1. The van der Waals surface area contributed by atoms with Crippen molar-refractivity contribution in [2.24, 2.45) is 0 Å². The highest BCUT2D eigenvalue weighted by Gasteiger charge is 2.29. The maximum absolute atomic E-state index is 11.8. The number of nitrogens with one attached hydrogen (secondary N) is 1. The van der Waals surface area contributed by atoms with Gasteiger partial charge in [0.25, 0.3) is 18.2 Å². The van der Waals surface area contributed by atoms with Crippen molar-refractivity contribution in [1.29, 1.82) is 0 Å². The quantitative estimate of drug-likeness (QED) is 0.625. The minimum absolute atomic E-state index is 0.128. The van der Waals surface area contributed by atoms with Gasteiger partial charge < -0.3 is 5.32 Å². The standard InChI is InChI=1S/C15H11ClN2O2/c16-11-6-7-13-12(8-11)15(10-4-2-1-3-5-10)18(20)9-14(19)17-13/h1-8,20H,9H2/p+1. The van der Waals surface area contributed by atoms with Crippen LogP contribution >= 0.6 is 11.6 Å². The molecule has 100 valence electrons. The van der Waals surface area contributed by atoms with Gasteiger partial charge in [-0.1, -0.05) is 29.8 Å². The minimum atomic E-state index is -0.276. The predicted octanol–water partition coefficient (Wildman–Crippen LogP) is 2.53. The van der Waals surface area contributed by atoms with Gasteiger partial charge in [-0.2, -0.15) is 0 Å². The molecule has 5 heteroatoms. The number of nitrogens with zero attached hydrogens (tertiary/aromatic N) is 1. The molecule has 2 N–H and O–H groups in total. The third kappa shape index (κ3) is 2.26. The number of anilines is 1. The summed E-state index contributed by atoms with van der Waals surface area (Å²) in [6, 6.07) is 14.6. The van der Waals surface area contributed by atoms with Crippen molar-refractivity contribution in [2.75, 3.05) is 11.9 Å². The lowest BCUT2D eigenvalue weighted by Gasteiger charge is -2.06. The van der Waals surface area contributed by atoms with Crippen LogP contribution in [0.15, 0.2) is 48.5 Å². The number of hydrogen-bond acceptors (Lipinski definition) is 2. The van der Waals surface area contributed by atoms with Crippen LogP contribution in [0.25, 0.3) is 0 Å². The molecule has 20 heavy (non-hydrogen) atoms. The van der Waals surface area contributed by atoms with Gasteiger partial charge in [-0.05, 0) is 35.1 Å². The van der Waals surface area contributed by atoms with E-state index in [1.54, 1.807) is 18.2 Å². The van der Waals surface area contributed by atoms with Gasteiger partial charge in [0.15, 0.2) is 0 Å². The average molecular weight is 288 g/mol. The van der Waals surface area contributed by atoms with E-state index in [1.165, 1.54) is 0 Å². The number of benzene rings is 2. The number of hydroxylamine groups is 1. The second kappa shape index (κ2) is 4.98. The maximum atomic E-state index is 11.8. The van der Waals surface area contributed by atoms with Crippen LogP contribution in [-0.2, 0) is 4.79 Å². The van der Waals surface area contributed by atoms with Gasteiger partial charge in [-0.15, -0.1) is 0 Å². The Balaban J connectivity index is 2.28. The summed E-state index contributed by atoms with van der Waals surface area (Å²) in [6.45, 7) is -0.128. The lowest BCUT2D eigenvalue weighted by atomic mass is 10.0. The van der Waals surface area contributed by atoms with Crippen LogP contribution in [0.3, 0.4) is 0 Å². The van der Waals surface area contributed by atoms with Crippen LogP contribution in [0.4, 0.5) is 5.69 Å². The normalized spacial score (nSPS) is 14.6. The zero-order valence-corrected chi connectivity index (χ0v) is 11.3. The number of rotatable bonds is 1. The van der Waals surface area contributed by atoms with E-state index in [4.69, 9.17) is 11.6 Å². The Morgan fingerprint density at radius 1 is 1.15 bits per heavy atom. The van der Waals surface area contributed by atoms with Gasteiger partial charge in [0.1, 0.15) is 0 Å². The van der Waals surface area contributed by atoms with Crippen LogP contribution in [0.1, 0.15) is 11.1 Å². The lowest BCUT2D eigenvalue weighted by Crippen LogP contribution is -2.25. The highest BCUT2D eigenvalue weighted by atomic mass is 35.5. The first-order chi connectivity index (χ1) is 9.65. The summed E-state index contributed by atoms with van der Waals surface area (Å²) in [7, 11) is 0. The maximum Gasteiger partial charge on any atom is 0.294 e. The van der Waals surface area contributed by atoms with Gasteiger partial charge in [-0.25, -0.2) is 0 Å². The smallest absolute Gasteiger partial charge is 0.294 e. The predicted molar refractivity (Wildman–Crippen MR) is 76.6 cm³/mol. The molecule has 0 fully saturated rings. The van der Waals surface area contributed by atoms with E-state index >= 15 is 0 Å². The summed E-state index contributed by atoms with van der Waals surface area (Å²) in [6.07, 6.45) is 0. The SMILES string of the molecule is O=C1C[N+](O)=C(c2ccccc2)c2cc(Cl)ccc2N1. The summed E-state index contributed by atoms with van der Waals surface area (Å²) in [5.74, 6) is -0.276. The molecule has 0 atom stereocenters. The van der Waals surface area contributed by atoms with E-state index in [-0.39, 0.29) is 12.5 Å². The Labute approximate surface area is 120 Å². The van der Waals surface area contributed by atoms with Crippen LogP contribution in [0, 0.1) is 0 Å². The summed E-state index contributed by atoms with van der Waals surface area (Å²) in [5.41, 5.74) is 2.70. The highest BCUT2D eigenvalue weighted by molar-refractivity contribution is 6.31. The summed E-state index contributed by atoms with van der Waals surface area (Å²) in [4.78, 5) is 11.8. The van der Waals surface area contributed by atoms with Crippen molar-refractivity contribution in [3.8, 4) is 0 Å². The first kappa shape index (κ1) is 12.7. The molecule has 1 aliphatic heterocycles. The molecule has 0 radical (unpaired) electrons. The van der Waals surface area contributed by atoms with Gasteiger partial charge in [-0.3, -0.25) is 10.0 Å². The van der Waals surface area contributed by atoms with Crippen LogP contribution < -0.4 is 5.32 Å². The molecule has 0 bridgehead atoms. The summed E-state index contributed by atoms with van der Waals surface area (Å²) in [5, 5.41) is 13.5. The molecule has 0 saturated carbocycles. The minimum Gasteiger partial charge on any atom is -0.320 e. The molecule has 1 heterocycles. The van der Waals surface area contributed by atoms with Gasteiger partial charge >= 0.3 is 0 Å². The number of carbonyl (C=O) groups excluding carboxylic acids is 1. The van der Waals surface area contributed by atoms with Crippen molar-refractivity contribution in [1.82, 2.24) is 0 Å². The topological polar surface area (TPSA) is 52.3 Å². The molecule has 0 spiro atoms. The third-order valence-corrected chi connectivity index (χ3v) is 3.34. The molecule has 4 nitrogen and oxygen atoms in total. The molecular weight excluding hydrogens is 276 g/mol. The van der Waals surface area contributed by atoms with Crippen molar-refractivity contribution >= 4 is 28.9 Å². The lowest BCUT2D eigenvalue weighted by molar-refractivity contribution is -0.765. The Bertz CT molecular complexity index is 711. The molecule has 2 aromatic rings. The van der Waals surface area contributed by atoms with Crippen molar-refractivity contribution in [3.63, 3.8) is 0 Å². The molecule has 1 aliphatic rings. The largest absolute Gasteiger partial charge is 0.320 e. The fourth-order valence-electron chi connectivity index (χ4n) is 2.27. The molecular formula is C15H12ClN2O2+. The van der Waals surface area contributed by atoms with Gasteiger partial charge in [0.2, 0.25) is 0 Å². The van der Waals surface area contributed by atoms with E-state index in [9.17, 15) is 10.0 Å². The van der Waals surface area contributed by atoms with Crippen molar-refractivity contribution in [2.45, 2.75) is 0 Å². The molecule has 3 rings (SSSR count). The van der Waals surface area contributed by atoms with Crippen molar-refractivity contribution in [3.05, 3.63) is 64.7 Å². The van der Waals surface area contributed by atoms with E-state index in [0.29, 0.717) is 22.0 Å². The highest BCUT2D eigenvalue weighted by Crippen LogP contribution is 2.25. The molecule has 0 saturated heterocycles. The Kier molecular flexibility index (Phi) is 3.16. The van der Waals surface area contributed by atoms with E-state index < -0.39 is 0 Å². The molecule has 2 aromatic carbocycles. The fourth-order valence-corrected chi connectivity index (χ4v) is 2.44. The zero-order chi connectivity index (χ0) is 14.1. The Morgan fingerprint density at radius 3 is 2.65 bits per heavy atom. The number of benzodiazepines with no additional fused rings is 1. The molecule has 0 aliphatic carbocycles. The first-order valence-corrected chi connectivity index (χ1v) is 6.51. The van der Waals surface area contributed by atoms with Crippen LogP contribution in [-0.4, -0.2) is 28.1 Å². The van der Waals surface area contributed by atoms with E-state index in [0.717, 1.165) is 10.3 Å². The number of fused-ring (bicyclic) bond motifs is 1. The molecule has 1 amide bonds. The molecule has 0 aromatic heterocycles. The summed E-state index contributed by atoms with van der Waals surface area (Å²) >= 11 is 6.04. The van der Waals surface area contributed by atoms with Crippen LogP contribution in [0.5, 0.6) is 0 Å². The number of hydrogen-bond donors (Lipinski definition) is 2. The fraction of sp³-hybridized carbons (Fsp3) is 0.0667.